The molecule has 10 nitrogen and oxygen atoms in total. The van der Waals surface area contributed by atoms with Crippen molar-refractivity contribution in [3.63, 3.8) is 0 Å². The first-order valence-electron chi connectivity index (χ1n) is 12.7. The molecule has 0 saturated carbocycles. The number of sulfonamides is 1. The number of nitrogens with zero attached hydrogens (tertiary/aromatic N) is 5. The number of rotatable bonds is 6. The molecule has 1 saturated heterocycles. The molecule has 216 valence electrons. The molecule has 1 fully saturated rings. The highest BCUT2D eigenvalue weighted by atomic mass is 32.2. The summed E-state index contributed by atoms with van der Waals surface area (Å²) in [6, 6.07) is 9.98. The third-order valence-corrected chi connectivity index (χ3v) is 8.30. The molecule has 41 heavy (non-hydrogen) atoms. The fraction of sp³-hybridized carbons (Fsp3) is 0.296. The van der Waals surface area contributed by atoms with Crippen LogP contribution < -0.4 is 10.6 Å². The van der Waals surface area contributed by atoms with E-state index in [1.807, 2.05) is 19.2 Å². The van der Waals surface area contributed by atoms with E-state index < -0.39 is 27.8 Å². The highest BCUT2D eigenvalue weighted by Crippen LogP contribution is 2.35. The largest absolute Gasteiger partial charge is 0.416 e. The van der Waals surface area contributed by atoms with E-state index in [0.717, 1.165) is 34.4 Å². The highest BCUT2D eigenvalue weighted by Gasteiger charge is 2.34. The van der Waals surface area contributed by atoms with Gasteiger partial charge < -0.3 is 10.6 Å². The molecule has 1 aliphatic rings. The number of piperazine rings is 1. The van der Waals surface area contributed by atoms with Gasteiger partial charge in [0.15, 0.2) is 0 Å². The van der Waals surface area contributed by atoms with Crippen molar-refractivity contribution < 1.29 is 26.4 Å². The standard InChI is InChI=1S/C27H28F3N7O3S/c1-35-25-16-31-14-22(23(25)15-32-35)18-3-6-20(7-4-18)33-26(38)34-21-8-5-19(24(13-21)27(28,29)30)17-36-9-11-37(12-10-36)41(2,39)40/h3-8,13-16H,9-12,17H2,1-2H3,(H2,33,34,38). The minimum atomic E-state index is -4.64. The predicted octanol–water partition coefficient (Wildman–Crippen LogP) is 4.38. The molecular formula is C27H28F3N7O3S. The number of halogens is 3. The van der Waals surface area contributed by atoms with E-state index in [-0.39, 0.29) is 30.9 Å². The van der Waals surface area contributed by atoms with E-state index in [2.05, 4.69) is 20.7 Å². The summed E-state index contributed by atoms with van der Waals surface area (Å²) in [5, 5.41) is 10.3. The number of aromatic nitrogens is 3. The van der Waals surface area contributed by atoms with Crippen LogP contribution in [0.5, 0.6) is 0 Å². The van der Waals surface area contributed by atoms with Crippen molar-refractivity contribution in [1.82, 2.24) is 24.0 Å². The summed E-state index contributed by atoms with van der Waals surface area (Å²) in [5.74, 6) is 0. The first-order valence-corrected chi connectivity index (χ1v) is 14.5. The van der Waals surface area contributed by atoms with Crippen molar-refractivity contribution in [3.05, 3.63) is 72.2 Å². The quantitative estimate of drug-likeness (QED) is 0.347. The Balaban J connectivity index is 1.25. The molecule has 3 heterocycles. The Hall–Kier alpha value is -4.01. The minimum absolute atomic E-state index is 0.00749. The van der Waals surface area contributed by atoms with Crippen molar-refractivity contribution >= 4 is 38.3 Å². The molecule has 0 atom stereocenters. The number of hydrogen-bond donors (Lipinski definition) is 2. The molecule has 2 aromatic heterocycles. The van der Waals surface area contributed by atoms with Gasteiger partial charge in [-0.2, -0.15) is 22.6 Å². The van der Waals surface area contributed by atoms with Gasteiger partial charge in [-0.3, -0.25) is 14.6 Å². The molecule has 14 heteroatoms. The number of fused-ring (bicyclic) bond motifs is 1. The SMILES string of the molecule is Cn1ncc2c(-c3ccc(NC(=O)Nc4ccc(CN5CCN(S(C)(=O)=O)CC5)c(C(F)(F)F)c4)cc3)cncc21. The maximum atomic E-state index is 13.9. The van der Waals surface area contributed by atoms with Crippen LogP contribution in [-0.2, 0) is 29.8 Å². The minimum Gasteiger partial charge on any atom is -0.308 e. The third-order valence-electron chi connectivity index (χ3n) is 7.00. The molecule has 0 bridgehead atoms. The van der Waals surface area contributed by atoms with Gasteiger partial charge in [-0.1, -0.05) is 18.2 Å². The number of alkyl halides is 3. The molecule has 5 rings (SSSR count). The summed E-state index contributed by atoms with van der Waals surface area (Å²) in [7, 11) is -1.51. The number of carbonyl (C=O) groups is 1. The lowest BCUT2D eigenvalue weighted by Crippen LogP contribution is -2.47. The molecule has 1 aliphatic heterocycles. The zero-order valence-corrected chi connectivity index (χ0v) is 23.1. The summed E-state index contributed by atoms with van der Waals surface area (Å²) in [6.07, 6.45) is 1.69. The average molecular weight is 588 g/mol. The number of nitrogens with one attached hydrogen (secondary N) is 2. The van der Waals surface area contributed by atoms with Crippen LogP contribution in [-0.4, -0.2) is 70.9 Å². The van der Waals surface area contributed by atoms with E-state index in [1.165, 1.54) is 16.4 Å². The monoisotopic (exact) mass is 587 g/mol. The van der Waals surface area contributed by atoms with Crippen LogP contribution >= 0.6 is 0 Å². The maximum absolute atomic E-state index is 13.9. The second kappa shape index (κ2) is 11.1. The number of amides is 2. The molecule has 2 aromatic carbocycles. The predicted molar refractivity (Wildman–Crippen MR) is 150 cm³/mol. The van der Waals surface area contributed by atoms with Gasteiger partial charge in [0, 0.05) is 68.3 Å². The van der Waals surface area contributed by atoms with Crippen LogP contribution in [0.1, 0.15) is 11.1 Å². The number of benzene rings is 2. The molecule has 0 spiro atoms. The van der Waals surface area contributed by atoms with Gasteiger partial charge in [-0.05, 0) is 35.4 Å². The van der Waals surface area contributed by atoms with Crippen LogP contribution in [0.25, 0.3) is 22.0 Å². The molecule has 2 N–H and O–H groups in total. The second-order valence-electron chi connectivity index (χ2n) is 9.85. The van der Waals surface area contributed by atoms with Gasteiger partial charge in [0.25, 0.3) is 0 Å². The molecular weight excluding hydrogens is 559 g/mol. The van der Waals surface area contributed by atoms with Crippen LogP contribution in [0.2, 0.25) is 0 Å². The van der Waals surface area contributed by atoms with Crippen LogP contribution in [0.4, 0.5) is 29.3 Å². The third kappa shape index (κ3) is 6.50. The maximum Gasteiger partial charge on any atom is 0.416 e. The number of carbonyl (C=O) groups excluding carboxylic acids is 1. The van der Waals surface area contributed by atoms with Crippen LogP contribution in [0, 0.1) is 0 Å². The Labute approximate surface area is 234 Å². The number of anilines is 2. The number of hydrogen-bond acceptors (Lipinski definition) is 6. The zero-order chi connectivity index (χ0) is 29.4. The van der Waals surface area contributed by atoms with Crippen molar-refractivity contribution in [2.75, 3.05) is 43.1 Å². The first-order chi connectivity index (χ1) is 19.4. The summed E-state index contributed by atoms with van der Waals surface area (Å²) in [4.78, 5) is 18.6. The molecule has 4 aromatic rings. The van der Waals surface area contributed by atoms with E-state index in [4.69, 9.17) is 0 Å². The van der Waals surface area contributed by atoms with Gasteiger partial charge in [0.1, 0.15) is 0 Å². The van der Waals surface area contributed by atoms with Crippen molar-refractivity contribution in [2.24, 2.45) is 7.05 Å². The Morgan fingerprint density at radius 1 is 0.951 bits per heavy atom. The fourth-order valence-corrected chi connectivity index (χ4v) is 5.66. The smallest absolute Gasteiger partial charge is 0.308 e. The lowest BCUT2D eigenvalue weighted by atomic mass is 10.0. The zero-order valence-electron chi connectivity index (χ0n) is 22.3. The van der Waals surface area contributed by atoms with E-state index in [1.54, 1.807) is 40.3 Å². The van der Waals surface area contributed by atoms with Gasteiger partial charge in [0.2, 0.25) is 10.0 Å². The number of aryl methyl sites for hydroxylation is 1. The van der Waals surface area contributed by atoms with Crippen molar-refractivity contribution in [3.8, 4) is 11.1 Å². The normalized spacial score (nSPS) is 15.2. The summed E-state index contributed by atoms with van der Waals surface area (Å²) < 4.78 is 68.2. The molecule has 0 aliphatic carbocycles. The van der Waals surface area contributed by atoms with Crippen LogP contribution in [0.3, 0.4) is 0 Å². The lowest BCUT2D eigenvalue weighted by Gasteiger charge is -2.33. The number of urea groups is 1. The molecule has 0 radical (unpaired) electrons. The summed E-state index contributed by atoms with van der Waals surface area (Å²) in [5.41, 5.74) is 2.26. The summed E-state index contributed by atoms with van der Waals surface area (Å²) in [6.45, 7) is 1.08. The Morgan fingerprint density at radius 2 is 1.61 bits per heavy atom. The second-order valence-corrected chi connectivity index (χ2v) is 11.8. The van der Waals surface area contributed by atoms with E-state index in [0.29, 0.717) is 18.8 Å². The Morgan fingerprint density at radius 3 is 2.27 bits per heavy atom. The van der Waals surface area contributed by atoms with Crippen LogP contribution in [0.15, 0.2) is 61.1 Å². The molecule has 0 unspecified atom stereocenters. The van der Waals surface area contributed by atoms with Gasteiger partial charge >= 0.3 is 12.2 Å². The Kier molecular flexibility index (Phi) is 7.72. The fourth-order valence-electron chi connectivity index (χ4n) is 4.83. The highest BCUT2D eigenvalue weighted by molar-refractivity contribution is 7.88. The van der Waals surface area contributed by atoms with E-state index >= 15 is 0 Å². The molecule has 2 amide bonds. The van der Waals surface area contributed by atoms with E-state index in [9.17, 15) is 26.4 Å². The Bertz CT molecular complexity index is 1680. The number of pyridine rings is 1. The van der Waals surface area contributed by atoms with Crippen molar-refractivity contribution in [2.45, 2.75) is 12.7 Å². The van der Waals surface area contributed by atoms with Crippen molar-refractivity contribution in [1.29, 1.82) is 0 Å². The summed E-state index contributed by atoms with van der Waals surface area (Å²) >= 11 is 0. The average Bonchev–Trinajstić information content (AvgIpc) is 3.30. The first kappa shape index (κ1) is 28.5. The van der Waals surface area contributed by atoms with Gasteiger partial charge in [-0.25, -0.2) is 13.2 Å². The van der Waals surface area contributed by atoms with Gasteiger partial charge in [-0.15, -0.1) is 0 Å². The topological polar surface area (TPSA) is 112 Å². The van der Waals surface area contributed by atoms with Gasteiger partial charge in [0.05, 0.1) is 29.7 Å². The lowest BCUT2D eigenvalue weighted by molar-refractivity contribution is -0.138.